The molecule has 2 heterocycles. The Balaban J connectivity index is 1.23. The topological polar surface area (TPSA) is 97.8 Å². The Bertz CT molecular complexity index is 914. The maximum absolute atomic E-state index is 12.9. The van der Waals surface area contributed by atoms with Crippen LogP contribution in [0.3, 0.4) is 0 Å². The van der Waals surface area contributed by atoms with Gasteiger partial charge in [0.05, 0.1) is 23.7 Å². The molecular formula is C27H41N3O5S. The first-order valence-electron chi connectivity index (χ1n) is 13.5. The van der Waals surface area contributed by atoms with E-state index in [4.69, 9.17) is 14.5 Å². The highest BCUT2D eigenvalue weighted by molar-refractivity contribution is 7.11. The molecule has 0 aromatic carbocycles. The number of aromatic nitrogens is 1. The van der Waals surface area contributed by atoms with Gasteiger partial charge in [-0.25, -0.2) is 9.78 Å². The van der Waals surface area contributed by atoms with Crippen molar-refractivity contribution in [3.8, 4) is 0 Å². The average molecular weight is 520 g/mol. The van der Waals surface area contributed by atoms with Gasteiger partial charge in [-0.2, -0.15) is 0 Å². The largest absolute Gasteiger partial charge is 0.469 e. The number of carbonyl (C=O) groups excluding carboxylic acids is 3. The van der Waals surface area contributed by atoms with Crippen molar-refractivity contribution in [1.29, 1.82) is 0 Å². The zero-order chi connectivity index (χ0) is 25.9. The number of methoxy groups -OCH3 is 1. The molecule has 3 aliphatic rings. The summed E-state index contributed by atoms with van der Waals surface area (Å²) in [6.45, 7) is 6.98. The second kappa shape index (κ2) is 11.5. The van der Waals surface area contributed by atoms with Crippen molar-refractivity contribution in [1.82, 2.24) is 15.2 Å². The molecule has 0 unspecified atom stereocenters. The number of hydrogen-bond acceptors (Lipinski definition) is 7. The SMILES string of the molecule is COC(=O)[C@H]1CC[C@H](NC(=O)C2CCC(c3nc4c(s3)CCN(C(=O)OC(C)(C)C)CC4)CC2)CC1. The second-order valence-corrected chi connectivity index (χ2v) is 12.6. The highest BCUT2D eigenvalue weighted by Crippen LogP contribution is 2.39. The summed E-state index contributed by atoms with van der Waals surface area (Å²) in [4.78, 5) is 45.2. The first-order valence-corrected chi connectivity index (χ1v) is 14.3. The smallest absolute Gasteiger partial charge is 0.410 e. The molecule has 4 rings (SSSR count). The van der Waals surface area contributed by atoms with Gasteiger partial charge in [-0.15, -0.1) is 11.3 Å². The zero-order valence-corrected chi connectivity index (χ0v) is 23.0. The molecule has 1 aromatic heterocycles. The van der Waals surface area contributed by atoms with E-state index in [2.05, 4.69) is 5.32 Å². The molecule has 2 amide bonds. The van der Waals surface area contributed by atoms with Crippen LogP contribution in [0.2, 0.25) is 0 Å². The molecule has 1 N–H and O–H groups in total. The Morgan fingerprint density at radius 3 is 2.22 bits per heavy atom. The van der Waals surface area contributed by atoms with Crippen molar-refractivity contribution >= 4 is 29.3 Å². The molecular weight excluding hydrogens is 478 g/mol. The molecule has 1 aromatic rings. The summed E-state index contributed by atoms with van der Waals surface area (Å²) >= 11 is 1.80. The van der Waals surface area contributed by atoms with Crippen molar-refractivity contribution in [3.63, 3.8) is 0 Å². The van der Waals surface area contributed by atoms with Gasteiger partial charge in [0.1, 0.15) is 5.60 Å². The normalized spacial score (nSPS) is 26.9. The lowest BCUT2D eigenvalue weighted by molar-refractivity contribution is -0.146. The van der Waals surface area contributed by atoms with Gasteiger partial charge in [-0.1, -0.05) is 0 Å². The highest BCUT2D eigenvalue weighted by atomic mass is 32.1. The van der Waals surface area contributed by atoms with E-state index in [1.807, 2.05) is 20.8 Å². The first-order chi connectivity index (χ1) is 17.1. The van der Waals surface area contributed by atoms with E-state index < -0.39 is 5.60 Å². The summed E-state index contributed by atoms with van der Waals surface area (Å²) < 4.78 is 10.4. The molecule has 0 bridgehead atoms. The fraction of sp³-hybridized carbons (Fsp3) is 0.778. The Labute approximate surface area is 218 Å². The molecule has 9 heteroatoms. The van der Waals surface area contributed by atoms with E-state index in [1.54, 1.807) is 16.2 Å². The van der Waals surface area contributed by atoms with Crippen molar-refractivity contribution < 1.29 is 23.9 Å². The summed E-state index contributed by atoms with van der Waals surface area (Å²) in [5.41, 5.74) is 0.641. The van der Waals surface area contributed by atoms with Gasteiger partial charge >= 0.3 is 12.1 Å². The van der Waals surface area contributed by atoms with E-state index in [-0.39, 0.29) is 35.8 Å². The number of fused-ring (bicyclic) bond motifs is 1. The van der Waals surface area contributed by atoms with E-state index in [1.165, 1.54) is 17.0 Å². The van der Waals surface area contributed by atoms with Gasteiger partial charge in [-0.05, 0) is 72.1 Å². The Hall–Kier alpha value is -2.16. The summed E-state index contributed by atoms with van der Waals surface area (Å²) in [5, 5.41) is 4.45. The maximum Gasteiger partial charge on any atom is 0.410 e. The van der Waals surface area contributed by atoms with Crippen LogP contribution in [-0.4, -0.2) is 59.7 Å². The third-order valence-corrected chi connectivity index (χ3v) is 9.05. The fourth-order valence-electron chi connectivity index (χ4n) is 5.63. The summed E-state index contributed by atoms with van der Waals surface area (Å²) in [7, 11) is 1.44. The number of esters is 1. The highest BCUT2D eigenvalue weighted by Gasteiger charge is 2.33. The van der Waals surface area contributed by atoms with Crippen molar-refractivity contribution in [2.24, 2.45) is 11.8 Å². The van der Waals surface area contributed by atoms with Crippen molar-refractivity contribution in [2.75, 3.05) is 20.2 Å². The third-order valence-electron chi connectivity index (χ3n) is 7.73. The predicted molar refractivity (Wildman–Crippen MR) is 138 cm³/mol. The molecule has 2 saturated carbocycles. The lowest BCUT2D eigenvalue weighted by atomic mass is 9.81. The molecule has 2 fully saturated rings. The molecule has 2 aliphatic carbocycles. The second-order valence-electron chi connectivity index (χ2n) is 11.5. The molecule has 8 nitrogen and oxygen atoms in total. The van der Waals surface area contributed by atoms with Gasteiger partial charge in [-0.3, -0.25) is 9.59 Å². The lowest BCUT2D eigenvalue weighted by Crippen LogP contribution is -2.42. The Morgan fingerprint density at radius 1 is 0.944 bits per heavy atom. The van der Waals surface area contributed by atoms with Crippen LogP contribution in [0.5, 0.6) is 0 Å². The number of nitrogens with zero attached hydrogens (tertiary/aromatic N) is 2. The molecule has 0 spiro atoms. The fourth-order valence-corrected chi connectivity index (χ4v) is 6.90. The van der Waals surface area contributed by atoms with Crippen LogP contribution in [0.4, 0.5) is 4.79 Å². The van der Waals surface area contributed by atoms with Crippen LogP contribution in [0, 0.1) is 11.8 Å². The molecule has 0 saturated heterocycles. The minimum Gasteiger partial charge on any atom is -0.469 e. The Kier molecular flexibility index (Phi) is 8.58. The van der Waals surface area contributed by atoms with Gasteiger partial charge in [0, 0.05) is 48.7 Å². The average Bonchev–Trinajstić information content (AvgIpc) is 3.15. The molecule has 0 radical (unpaired) electrons. The van der Waals surface area contributed by atoms with Crippen LogP contribution in [0.1, 0.15) is 93.6 Å². The summed E-state index contributed by atoms with van der Waals surface area (Å²) in [6, 6.07) is 0.172. The van der Waals surface area contributed by atoms with Crippen LogP contribution in [-0.2, 0) is 31.9 Å². The monoisotopic (exact) mass is 519 g/mol. The quantitative estimate of drug-likeness (QED) is 0.584. The van der Waals surface area contributed by atoms with Gasteiger partial charge < -0.3 is 19.7 Å². The zero-order valence-electron chi connectivity index (χ0n) is 22.1. The standard InChI is InChI=1S/C27H41N3O5S/c1-27(2,3)35-26(33)30-15-13-21-22(14-16-30)36-24(29-21)18-7-5-17(6-8-18)23(31)28-20-11-9-19(10-12-20)25(32)34-4/h17-20H,5-16H2,1-4H3,(H,28,31)/t17?,18?,19-,20-. The molecule has 0 atom stereocenters. The molecule has 1 aliphatic heterocycles. The van der Waals surface area contributed by atoms with E-state index >= 15 is 0 Å². The number of ether oxygens (including phenoxy) is 2. The maximum atomic E-state index is 12.9. The first kappa shape index (κ1) is 26.9. The number of amides is 2. The number of rotatable bonds is 4. The number of thiazole rings is 1. The minimum atomic E-state index is -0.487. The van der Waals surface area contributed by atoms with Gasteiger partial charge in [0.25, 0.3) is 0 Å². The lowest BCUT2D eigenvalue weighted by Gasteiger charge is -2.31. The summed E-state index contributed by atoms with van der Waals surface area (Å²) in [5.74, 6) is 0.514. The summed E-state index contributed by atoms with van der Waals surface area (Å²) in [6.07, 6.45) is 8.37. The third kappa shape index (κ3) is 6.78. The van der Waals surface area contributed by atoms with Crippen LogP contribution in [0.15, 0.2) is 0 Å². The minimum absolute atomic E-state index is 0.0209. The number of hydrogen-bond donors (Lipinski definition) is 1. The van der Waals surface area contributed by atoms with Crippen LogP contribution < -0.4 is 5.32 Å². The van der Waals surface area contributed by atoms with E-state index in [0.717, 1.165) is 69.9 Å². The molecule has 36 heavy (non-hydrogen) atoms. The van der Waals surface area contributed by atoms with Gasteiger partial charge in [0.15, 0.2) is 0 Å². The van der Waals surface area contributed by atoms with Crippen molar-refractivity contribution in [2.45, 2.75) is 103 Å². The Morgan fingerprint density at radius 2 is 1.58 bits per heavy atom. The van der Waals surface area contributed by atoms with Crippen LogP contribution in [0.25, 0.3) is 0 Å². The van der Waals surface area contributed by atoms with E-state index in [9.17, 15) is 14.4 Å². The van der Waals surface area contributed by atoms with Gasteiger partial charge in [0.2, 0.25) is 5.91 Å². The predicted octanol–water partition coefficient (Wildman–Crippen LogP) is 4.60. The number of nitrogens with one attached hydrogen (secondary N) is 1. The van der Waals surface area contributed by atoms with E-state index in [0.29, 0.717) is 19.0 Å². The molecule has 200 valence electrons. The van der Waals surface area contributed by atoms with Crippen LogP contribution >= 0.6 is 11.3 Å². The number of carbonyl (C=O) groups is 3. The van der Waals surface area contributed by atoms with Crippen molar-refractivity contribution in [3.05, 3.63) is 15.6 Å².